The minimum atomic E-state index is -0.519. The van der Waals surface area contributed by atoms with Crippen molar-refractivity contribution in [3.05, 3.63) is 0 Å². The molecule has 0 aromatic carbocycles. The van der Waals surface area contributed by atoms with E-state index < -0.39 is 12.1 Å². The molecule has 0 spiro atoms. The molecule has 0 saturated heterocycles. The Kier molecular flexibility index (Phi) is 1.33. The molecular weight excluding hydrogens is 116 g/mol. The van der Waals surface area contributed by atoms with Crippen LogP contribution in [0.4, 0.5) is 0 Å². The van der Waals surface area contributed by atoms with Gasteiger partial charge >= 0.3 is 0 Å². The van der Waals surface area contributed by atoms with Gasteiger partial charge in [-0.15, -0.1) is 0 Å². The Hall–Kier alpha value is -1.55. The van der Waals surface area contributed by atoms with Crippen LogP contribution < -0.4 is 5.32 Å². The van der Waals surface area contributed by atoms with Crippen LogP contribution in [0.1, 0.15) is 0 Å². The molecule has 0 bridgehead atoms. The van der Waals surface area contributed by atoms with Crippen LogP contribution in [-0.2, 0) is 0 Å². The molecule has 0 aliphatic carbocycles. The van der Waals surface area contributed by atoms with Crippen LogP contribution in [0.15, 0.2) is 4.99 Å². The van der Waals surface area contributed by atoms with E-state index in [1.807, 2.05) is 12.1 Å². The molecule has 4 heteroatoms. The summed E-state index contributed by atoms with van der Waals surface area (Å²) in [6, 6.07) is 2.82. The highest BCUT2D eigenvalue weighted by Crippen LogP contribution is 1.99. The van der Waals surface area contributed by atoms with Gasteiger partial charge in [0, 0.05) is 0 Å². The lowest BCUT2D eigenvalue weighted by Crippen LogP contribution is -2.28. The third-order valence-electron chi connectivity index (χ3n) is 1.08. The van der Waals surface area contributed by atoms with Crippen molar-refractivity contribution >= 4 is 6.34 Å². The van der Waals surface area contributed by atoms with E-state index in [-0.39, 0.29) is 0 Å². The van der Waals surface area contributed by atoms with Gasteiger partial charge in [0.05, 0.1) is 18.5 Å². The lowest BCUT2D eigenvalue weighted by Gasteiger charge is -1.99. The quantitative estimate of drug-likeness (QED) is 0.464. The van der Waals surface area contributed by atoms with Crippen LogP contribution in [0, 0.1) is 22.7 Å². The van der Waals surface area contributed by atoms with Crippen molar-refractivity contribution in [3.8, 4) is 12.1 Å². The van der Waals surface area contributed by atoms with Gasteiger partial charge < -0.3 is 5.32 Å². The molecular formula is C5H4N4. The maximum absolute atomic E-state index is 8.32. The summed E-state index contributed by atoms with van der Waals surface area (Å²) < 4.78 is 0. The first kappa shape index (κ1) is 5.58. The zero-order valence-corrected chi connectivity index (χ0v) is 4.57. The molecule has 0 fully saturated rings. The Balaban J connectivity index is 2.65. The van der Waals surface area contributed by atoms with E-state index in [0.29, 0.717) is 0 Å². The van der Waals surface area contributed by atoms with E-state index in [1.165, 1.54) is 6.34 Å². The van der Waals surface area contributed by atoms with E-state index in [2.05, 4.69) is 10.3 Å². The van der Waals surface area contributed by atoms with Crippen LogP contribution in [0.25, 0.3) is 0 Å². The highest BCUT2D eigenvalue weighted by molar-refractivity contribution is 5.60. The van der Waals surface area contributed by atoms with Gasteiger partial charge in [0.15, 0.2) is 12.1 Å². The average molecular weight is 120 g/mol. The number of rotatable bonds is 0. The van der Waals surface area contributed by atoms with Crippen molar-refractivity contribution in [2.45, 2.75) is 12.1 Å². The highest BCUT2D eigenvalue weighted by Gasteiger charge is 2.22. The topological polar surface area (TPSA) is 72.0 Å². The Morgan fingerprint density at radius 1 is 1.44 bits per heavy atom. The molecule has 44 valence electrons. The fourth-order valence-electron chi connectivity index (χ4n) is 0.597. The second-order valence-electron chi connectivity index (χ2n) is 1.63. The number of hydrogen-bond acceptors (Lipinski definition) is 4. The van der Waals surface area contributed by atoms with Gasteiger partial charge in [0.2, 0.25) is 0 Å². The van der Waals surface area contributed by atoms with E-state index in [1.54, 1.807) is 0 Å². The predicted molar refractivity (Wildman–Crippen MR) is 30.4 cm³/mol. The third kappa shape index (κ3) is 0.824. The van der Waals surface area contributed by atoms with Gasteiger partial charge in [-0.05, 0) is 0 Å². The standard InChI is InChI=1S/C5H4N4/c6-1-4-5(2-7)9-3-8-4/h3-5H,(H,8,9)/t4-,5?/m0/s1. The summed E-state index contributed by atoms with van der Waals surface area (Å²) in [4.78, 5) is 3.69. The van der Waals surface area contributed by atoms with Crippen molar-refractivity contribution in [2.24, 2.45) is 4.99 Å². The van der Waals surface area contributed by atoms with Gasteiger partial charge in [-0.25, -0.2) is 0 Å². The summed E-state index contributed by atoms with van der Waals surface area (Å²) in [7, 11) is 0. The first-order chi connectivity index (χ1) is 4.38. The van der Waals surface area contributed by atoms with Crippen molar-refractivity contribution in [1.82, 2.24) is 5.32 Å². The van der Waals surface area contributed by atoms with E-state index in [0.717, 1.165) is 0 Å². The number of nitrogens with one attached hydrogen (secondary N) is 1. The Bertz CT molecular complexity index is 206. The van der Waals surface area contributed by atoms with Crippen molar-refractivity contribution in [1.29, 1.82) is 10.5 Å². The summed E-state index contributed by atoms with van der Waals surface area (Å²) in [5.74, 6) is 0. The van der Waals surface area contributed by atoms with Crippen molar-refractivity contribution < 1.29 is 0 Å². The molecule has 1 heterocycles. The molecule has 1 N–H and O–H groups in total. The molecule has 0 saturated carbocycles. The van der Waals surface area contributed by atoms with Gasteiger partial charge in [-0.1, -0.05) is 0 Å². The highest BCUT2D eigenvalue weighted by atomic mass is 15.1. The molecule has 1 rings (SSSR count). The maximum atomic E-state index is 8.32. The fraction of sp³-hybridized carbons (Fsp3) is 0.400. The van der Waals surface area contributed by atoms with Gasteiger partial charge in [-0.3, -0.25) is 4.99 Å². The van der Waals surface area contributed by atoms with Gasteiger partial charge in [0.1, 0.15) is 0 Å². The van der Waals surface area contributed by atoms with Crippen molar-refractivity contribution in [2.75, 3.05) is 0 Å². The number of aliphatic imine (C=N–C) groups is 1. The Morgan fingerprint density at radius 2 is 2.22 bits per heavy atom. The average Bonchev–Trinajstić information content (AvgIpc) is 2.33. The summed E-state index contributed by atoms with van der Waals surface area (Å²) in [6.07, 6.45) is 1.39. The van der Waals surface area contributed by atoms with E-state index >= 15 is 0 Å². The zero-order valence-electron chi connectivity index (χ0n) is 4.57. The van der Waals surface area contributed by atoms with Gasteiger partial charge in [0.25, 0.3) is 0 Å². The first-order valence-corrected chi connectivity index (χ1v) is 2.45. The number of nitriles is 2. The Labute approximate surface area is 52.4 Å². The number of hydrogen-bond donors (Lipinski definition) is 1. The summed E-state index contributed by atoms with van der Waals surface area (Å²) in [5, 5.41) is 19.3. The molecule has 0 amide bonds. The molecule has 0 radical (unpaired) electrons. The van der Waals surface area contributed by atoms with Crippen LogP contribution in [-0.4, -0.2) is 18.4 Å². The second-order valence-corrected chi connectivity index (χ2v) is 1.63. The van der Waals surface area contributed by atoms with Crippen molar-refractivity contribution in [3.63, 3.8) is 0 Å². The lowest BCUT2D eigenvalue weighted by atomic mass is 10.2. The molecule has 4 nitrogen and oxygen atoms in total. The molecule has 1 aliphatic rings. The predicted octanol–water partition coefficient (Wildman–Crippen LogP) is -0.598. The third-order valence-corrected chi connectivity index (χ3v) is 1.08. The first-order valence-electron chi connectivity index (χ1n) is 2.45. The Morgan fingerprint density at radius 3 is 2.67 bits per heavy atom. The van der Waals surface area contributed by atoms with Crippen LogP contribution in [0.5, 0.6) is 0 Å². The molecule has 1 aliphatic heterocycles. The summed E-state index contributed by atoms with van der Waals surface area (Å²) in [5.41, 5.74) is 0. The van der Waals surface area contributed by atoms with Gasteiger partial charge in [-0.2, -0.15) is 10.5 Å². The second kappa shape index (κ2) is 2.15. The molecule has 9 heavy (non-hydrogen) atoms. The summed E-state index contributed by atoms with van der Waals surface area (Å²) in [6.45, 7) is 0. The SMILES string of the molecule is N#CC1NC=N[C@H]1C#N. The fourth-order valence-corrected chi connectivity index (χ4v) is 0.597. The largest absolute Gasteiger partial charge is 0.358 e. The molecule has 0 aromatic rings. The molecule has 0 aromatic heterocycles. The monoisotopic (exact) mass is 120 g/mol. The van der Waals surface area contributed by atoms with E-state index in [9.17, 15) is 0 Å². The van der Waals surface area contributed by atoms with Crippen LogP contribution in [0.2, 0.25) is 0 Å². The smallest absolute Gasteiger partial charge is 0.171 e. The zero-order chi connectivity index (χ0) is 6.69. The van der Waals surface area contributed by atoms with Crippen LogP contribution >= 0.6 is 0 Å². The van der Waals surface area contributed by atoms with Crippen LogP contribution in [0.3, 0.4) is 0 Å². The normalized spacial score (nSPS) is 30.4. The summed E-state index contributed by atoms with van der Waals surface area (Å²) >= 11 is 0. The minimum Gasteiger partial charge on any atom is -0.358 e. The van der Waals surface area contributed by atoms with E-state index in [4.69, 9.17) is 10.5 Å². The minimum absolute atomic E-state index is 0.449. The lowest BCUT2D eigenvalue weighted by molar-refractivity contribution is 0.724. The number of nitrogens with zero attached hydrogens (tertiary/aromatic N) is 3. The molecule has 2 atom stereocenters. The molecule has 1 unspecified atom stereocenters. The maximum Gasteiger partial charge on any atom is 0.171 e.